The quantitative estimate of drug-likeness (QED) is 0.600. The molecule has 2 aliphatic rings. The van der Waals surface area contributed by atoms with Gasteiger partial charge >= 0.3 is 0 Å². The van der Waals surface area contributed by atoms with Gasteiger partial charge in [-0.2, -0.15) is 0 Å². The van der Waals surface area contributed by atoms with E-state index in [1.807, 2.05) is 6.07 Å². The highest BCUT2D eigenvalue weighted by Gasteiger charge is 2.17. The molecule has 3 rings (SSSR count). The normalized spacial score (nSPS) is 17.8. The van der Waals surface area contributed by atoms with E-state index >= 15 is 0 Å². The average Bonchev–Trinajstić information content (AvgIpc) is 2.87. The molecule has 1 aliphatic heterocycles. The van der Waals surface area contributed by atoms with E-state index in [0.717, 1.165) is 12.1 Å². The first-order valence-electron chi connectivity index (χ1n) is 9.30. The van der Waals surface area contributed by atoms with Crippen LogP contribution in [-0.2, 0) is 11.2 Å². The molecule has 0 aromatic heterocycles. The third kappa shape index (κ3) is 5.51. The standard InChI is InChI=1S/C19H27ClN2O3/c20-16-11-14(12-17-19(16)25-10-9-24-17)13-18(23)22-8-7-21-15-5-3-1-2-4-6-15/h11-12,15,21H,1-10,13H2,(H,22,23). The van der Waals surface area contributed by atoms with Gasteiger partial charge in [-0.15, -0.1) is 0 Å². The maximum atomic E-state index is 12.1. The van der Waals surface area contributed by atoms with Crippen molar-refractivity contribution in [2.45, 2.75) is 51.0 Å². The summed E-state index contributed by atoms with van der Waals surface area (Å²) >= 11 is 6.21. The first-order chi connectivity index (χ1) is 12.2. The van der Waals surface area contributed by atoms with E-state index in [0.29, 0.717) is 48.7 Å². The van der Waals surface area contributed by atoms with Crippen molar-refractivity contribution >= 4 is 17.5 Å². The Kier molecular flexibility index (Phi) is 6.82. The zero-order chi connectivity index (χ0) is 17.5. The van der Waals surface area contributed by atoms with Crippen molar-refractivity contribution < 1.29 is 14.3 Å². The Morgan fingerprint density at radius 2 is 1.84 bits per heavy atom. The number of hydrogen-bond donors (Lipinski definition) is 2. The number of carbonyl (C=O) groups excluding carboxylic acids is 1. The van der Waals surface area contributed by atoms with Crippen LogP contribution in [0.1, 0.15) is 44.1 Å². The predicted octanol–water partition coefficient (Wildman–Crippen LogP) is 3.08. The second-order valence-electron chi connectivity index (χ2n) is 6.77. The summed E-state index contributed by atoms with van der Waals surface area (Å²) in [6.45, 7) is 2.47. The highest BCUT2D eigenvalue weighted by atomic mass is 35.5. The van der Waals surface area contributed by atoms with Crippen LogP contribution < -0.4 is 20.1 Å². The fourth-order valence-electron chi connectivity index (χ4n) is 3.48. The topological polar surface area (TPSA) is 59.6 Å². The largest absolute Gasteiger partial charge is 0.486 e. The summed E-state index contributed by atoms with van der Waals surface area (Å²) in [5.41, 5.74) is 0.837. The van der Waals surface area contributed by atoms with Crippen molar-refractivity contribution in [1.29, 1.82) is 0 Å². The van der Waals surface area contributed by atoms with E-state index in [1.54, 1.807) is 6.07 Å². The van der Waals surface area contributed by atoms with Crippen LogP contribution in [0.15, 0.2) is 12.1 Å². The summed E-state index contributed by atoms with van der Waals surface area (Å²) < 4.78 is 11.0. The van der Waals surface area contributed by atoms with E-state index in [-0.39, 0.29) is 5.91 Å². The lowest BCUT2D eigenvalue weighted by atomic mass is 10.1. The third-order valence-corrected chi connectivity index (χ3v) is 5.04. The lowest BCUT2D eigenvalue weighted by molar-refractivity contribution is -0.120. The van der Waals surface area contributed by atoms with Crippen LogP contribution in [0.5, 0.6) is 11.5 Å². The lowest BCUT2D eigenvalue weighted by Crippen LogP contribution is -2.37. The minimum absolute atomic E-state index is 0.00425. The van der Waals surface area contributed by atoms with Crippen molar-refractivity contribution in [1.82, 2.24) is 10.6 Å². The second-order valence-corrected chi connectivity index (χ2v) is 7.18. The van der Waals surface area contributed by atoms with Gasteiger partial charge in [0.1, 0.15) is 13.2 Å². The van der Waals surface area contributed by atoms with Crippen molar-refractivity contribution in [2.75, 3.05) is 26.3 Å². The Morgan fingerprint density at radius 1 is 1.08 bits per heavy atom. The maximum absolute atomic E-state index is 12.1. The van der Waals surface area contributed by atoms with Gasteiger partial charge in [-0.1, -0.05) is 37.3 Å². The number of ether oxygens (including phenoxy) is 2. The molecule has 0 unspecified atom stereocenters. The van der Waals surface area contributed by atoms with E-state index in [1.165, 1.54) is 38.5 Å². The highest BCUT2D eigenvalue weighted by Crippen LogP contribution is 2.38. The van der Waals surface area contributed by atoms with E-state index in [9.17, 15) is 4.79 Å². The number of carbonyl (C=O) groups is 1. The number of fused-ring (bicyclic) bond motifs is 1. The average molecular weight is 367 g/mol. The van der Waals surface area contributed by atoms with Crippen LogP contribution >= 0.6 is 11.6 Å². The van der Waals surface area contributed by atoms with Crippen LogP contribution in [0.3, 0.4) is 0 Å². The zero-order valence-electron chi connectivity index (χ0n) is 14.6. The number of amides is 1. The monoisotopic (exact) mass is 366 g/mol. The smallest absolute Gasteiger partial charge is 0.224 e. The molecule has 0 spiro atoms. The fraction of sp³-hybridized carbons (Fsp3) is 0.632. The highest BCUT2D eigenvalue weighted by molar-refractivity contribution is 6.32. The molecule has 1 aromatic rings. The Morgan fingerprint density at radius 3 is 2.64 bits per heavy atom. The van der Waals surface area contributed by atoms with Crippen molar-refractivity contribution in [3.8, 4) is 11.5 Å². The van der Waals surface area contributed by atoms with Gasteiger partial charge in [-0.3, -0.25) is 4.79 Å². The number of halogens is 1. The molecule has 1 aromatic carbocycles. The van der Waals surface area contributed by atoms with Crippen LogP contribution in [0.25, 0.3) is 0 Å². The molecule has 25 heavy (non-hydrogen) atoms. The van der Waals surface area contributed by atoms with E-state index < -0.39 is 0 Å². The Balaban J connectivity index is 1.41. The number of benzene rings is 1. The Hall–Kier alpha value is -1.46. The van der Waals surface area contributed by atoms with Crippen LogP contribution in [0.4, 0.5) is 0 Å². The van der Waals surface area contributed by atoms with Crippen LogP contribution in [0.2, 0.25) is 5.02 Å². The minimum Gasteiger partial charge on any atom is -0.486 e. The first kappa shape index (κ1) is 18.3. The first-order valence-corrected chi connectivity index (χ1v) is 9.68. The van der Waals surface area contributed by atoms with Gasteiger partial charge in [-0.25, -0.2) is 0 Å². The van der Waals surface area contributed by atoms with Gasteiger partial charge in [0.2, 0.25) is 5.91 Å². The molecule has 5 nitrogen and oxygen atoms in total. The van der Waals surface area contributed by atoms with Gasteiger partial charge in [-0.05, 0) is 30.5 Å². The molecule has 1 fully saturated rings. The zero-order valence-corrected chi connectivity index (χ0v) is 15.4. The number of hydrogen-bond acceptors (Lipinski definition) is 4. The molecule has 1 amide bonds. The van der Waals surface area contributed by atoms with Crippen molar-refractivity contribution in [3.05, 3.63) is 22.7 Å². The lowest BCUT2D eigenvalue weighted by Gasteiger charge is -2.20. The van der Waals surface area contributed by atoms with E-state index in [4.69, 9.17) is 21.1 Å². The molecule has 0 saturated heterocycles. The summed E-state index contributed by atoms with van der Waals surface area (Å²) in [7, 11) is 0. The second kappa shape index (κ2) is 9.30. The molecule has 1 heterocycles. The third-order valence-electron chi connectivity index (χ3n) is 4.76. The molecular weight excluding hydrogens is 340 g/mol. The predicted molar refractivity (Wildman–Crippen MR) is 98.6 cm³/mol. The molecule has 6 heteroatoms. The maximum Gasteiger partial charge on any atom is 0.224 e. The SMILES string of the molecule is O=C(Cc1cc(Cl)c2c(c1)OCCO2)NCCNC1CCCCCC1. The molecular formula is C19H27ClN2O3. The number of rotatable bonds is 6. The number of nitrogens with one attached hydrogen (secondary N) is 2. The minimum atomic E-state index is -0.00425. The van der Waals surface area contributed by atoms with Crippen molar-refractivity contribution in [3.63, 3.8) is 0 Å². The Labute approximate surface area is 154 Å². The molecule has 1 saturated carbocycles. The molecule has 0 bridgehead atoms. The van der Waals surface area contributed by atoms with Gasteiger partial charge in [0.25, 0.3) is 0 Å². The fourth-order valence-corrected chi connectivity index (χ4v) is 3.76. The summed E-state index contributed by atoms with van der Waals surface area (Å²) in [6.07, 6.45) is 8.14. The van der Waals surface area contributed by atoms with Crippen LogP contribution in [0, 0.1) is 0 Å². The molecule has 0 radical (unpaired) electrons. The summed E-state index contributed by atoms with van der Waals surface area (Å²) in [5.74, 6) is 1.19. The van der Waals surface area contributed by atoms with Crippen LogP contribution in [-0.4, -0.2) is 38.3 Å². The molecule has 2 N–H and O–H groups in total. The summed E-state index contributed by atoms with van der Waals surface area (Å²) in [5, 5.41) is 7.02. The van der Waals surface area contributed by atoms with Gasteiger partial charge in [0.05, 0.1) is 11.4 Å². The Bertz CT molecular complexity index is 586. The molecule has 1 aliphatic carbocycles. The van der Waals surface area contributed by atoms with Gasteiger partial charge in [0, 0.05) is 19.1 Å². The summed E-state index contributed by atoms with van der Waals surface area (Å²) in [4.78, 5) is 12.1. The molecule has 138 valence electrons. The van der Waals surface area contributed by atoms with Gasteiger partial charge < -0.3 is 20.1 Å². The van der Waals surface area contributed by atoms with E-state index in [2.05, 4.69) is 10.6 Å². The van der Waals surface area contributed by atoms with Crippen molar-refractivity contribution in [2.24, 2.45) is 0 Å². The molecule has 0 atom stereocenters. The summed E-state index contributed by atoms with van der Waals surface area (Å²) in [6, 6.07) is 4.22. The van der Waals surface area contributed by atoms with Gasteiger partial charge in [0.15, 0.2) is 11.5 Å².